The highest BCUT2D eigenvalue weighted by Crippen LogP contribution is 2.23. The molecule has 98 valence electrons. The van der Waals surface area contributed by atoms with Crippen LogP contribution in [-0.4, -0.2) is 23.7 Å². The van der Waals surface area contributed by atoms with Crippen LogP contribution in [-0.2, 0) is 20.7 Å². The number of esters is 1. The predicted molar refractivity (Wildman–Crippen MR) is 62.9 cm³/mol. The topological polar surface area (TPSA) is 63.6 Å². The van der Waals surface area contributed by atoms with Gasteiger partial charge in [-0.1, -0.05) is 23.7 Å². The molecule has 0 amide bonds. The number of carbonyl (C=O) groups excluding carboxylic acids is 1. The van der Waals surface area contributed by atoms with Gasteiger partial charge < -0.3 is 9.84 Å². The van der Waals surface area contributed by atoms with Crippen molar-refractivity contribution in [3.05, 3.63) is 34.6 Å². The first-order chi connectivity index (χ1) is 8.47. The summed E-state index contributed by atoms with van der Waals surface area (Å²) in [6.07, 6.45) is -0.204. The largest absolute Gasteiger partial charge is 0.481 e. The Morgan fingerprint density at radius 3 is 2.72 bits per heavy atom. The molecule has 0 radical (unpaired) electrons. The maximum absolute atomic E-state index is 13.2. The van der Waals surface area contributed by atoms with E-state index in [9.17, 15) is 14.0 Å². The van der Waals surface area contributed by atoms with Crippen LogP contribution >= 0.6 is 11.6 Å². The average Bonchev–Trinajstić information content (AvgIpc) is 2.30. The van der Waals surface area contributed by atoms with Crippen LogP contribution in [0.1, 0.15) is 12.5 Å². The van der Waals surface area contributed by atoms with Crippen LogP contribution in [0.5, 0.6) is 0 Å². The van der Waals surface area contributed by atoms with E-state index in [1.807, 2.05) is 0 Å². The van der Waals surface area contributed by atoms with E-state index in [-0.39, 0.29) is 23.6 Å². The van der Waals surface area contributed by atoms with Crippen molar-refractivity contribution in [2.75, 3.05) is 6.61 Å². The summed E-state index contributed by atoms with van der Waals surface area (Å²) < 4.78 is 17.8. The van der Waals surface area contributed by atoms with E-state index >= 15 is 0 Å². The van der Waals surface area contributed by atoms with E-state index in [2.05, 4.69) is 4.74 Å². The van der Waals surface area contributed by atoms with E-state index < -0.39 is 23.7 Å². The van der Waals surface area contributed by atoms with Gasteiger partial charge in [-0.15, -0.1) is 0 Å². The lowest BCUT2D eigenvalue weighted by atomic mass is 9.99. The Morgan fingerprint density at radius 2 is 2.17 bits per heavy atom. The van der Waals surface area contributed by atoms with Gasteiger partial charge in [0.05, 0.1) is 11.6 Å². The first-order valence-electron chi connectivity index (χ1n) is 5.29. The number of halogens is 2. The van der Waals surface area contributed by atoms with Crippen molar-refractivity contribution in [1.82, 2.24) is 0 Å². The fourth-order valence-corrected chi connectivity index (χ4v) is 1.64. The number of hydrogen-bond donors (Lipinski definition) is 1. The second kappa shape index (κ2) is 6.35. The Kier molecular flexibility index (Phi) is 5.09. The molecule has 1 atom stereocenters. The van der Waals surface area contributed by atoms with Gasteiger partial charge in [0.1, 0.15) is 5.82 Å². The van der Waals surface area contributed by atoms with Crippen molar-refractivity contribution in [3.63, 3.8) is 0 Å². The Balaban J connectivity index is 2.94. The van der Waals surface area contributed by atoms with E-state index in [0.717, 1.165) is 6.07 Å². The summed E-state index contributed by atoms with van der Waals surface area (Å²) in [7, 11) is 0. The van der Waals surface area contributed by atoms with Crippen LogP contribution < -0.4 is 0 Å². The number of hydrogen-bond acceptors (Lipinski definition) is 3. The quantitative estimate of drug-likeness (QED) is 0.661. The molecule has 0 aliphatic carbocycles. The Morgan fingerprint density at radius 1 is 1.50 bits per heavy atom. The first kappa shape index (κ1) is 14.4. The zero-order valence-electron chi connectivity index (χ0n) is 9.65. The highest BCUT2D eigenvalue weighted by Gasteiger charge is 2.29. The van der Waals surface area contributed by atoms with Gasteiger partial charge in [-0.3, -0.25) is 9.59 Å². The lowest BCUT2D eigenvalue weighted by Crippen LogP contribution is -2.28. The summed E-state index contributed by atoms with van der Waals surface area (Å²) in [5.74, 6) is -4.22. The summed E-state index contributed by atoms with van der Waals surface area (Å²) >= 11 is 5.70. The molecule has 1 aromatic carbocycles. The van der Waals surface area contributed by atoms with Crippen molar-refractivity contribution in [3.8, 4) is 0 Å². The number of carboxylic acids is 1. The monoisotopic (exact) mass is 274 g/mol. The molecule has 0 aromatic heterocycles. The number of carbonyl (C=O) groups is 2. The standard InChI is InChI=1S/C12H12ClFO4/c1-2-18-12(17)8(11(15)16)6-7-4-3-5-9(14)10(7)13/h3-5,8H,2,6H2,1H3,(H,15,16). The predicted octanol–water partition coefficient (Wildman–Crippen LogP) is 2.29. The zero-order chi connectivity index (χ0) is 13.7. The minimum atomic E-state index is -1.38. The molecule has 1 N–H and O–H groups in total. The molecule has 4 nitrogen and oxygen atoms in total. The summed E-state index contributed by atoms with van der Waals surface area (Å²) in [6.45, 7) is 1.66. The van der Waals surface area contributed by atoms with Gasteiger partial charge in [0.2, 0.25) is 0 Å². The Hall–Kier alpha value is -1.62. The number of ether oxygens (including phenoxy) is 1. The molecule has 0 saturated heterocycles. The lowest BCUT2D eigenvalue weighted by Gasteiger charge is -2.12. The molecular formula is C12H12ClFO4. The Labute approximate surface area is 108 Å². The van der Waals surface area contributed by atoms with Gasteiger partial charge in [0.25, 0.3) is 0 Å². The molecule has 0 heterocycles. The summed E-state index contributed by atoms with van der Waals surface area (Å²) in [5.41, 5.74) is 0.261. The van der Waals surface area contributed by atoms with E-state index in [1.165, 1.54) is 12.1 Å². The second-order valence-corrected chi connectivity index (χ2v) is 3.94. The summed E-state index contributed by atoms with van der Waals surface area (Å²) in [5, 5.41) is 8.78. The summed E-state index contributed by atoms with van der Waals surface area (Å²) in [6, 6.07) is 4.03. The number of aliphatic carboxylic acids is 1. The summed E-state index contributed by atoms with van der Waals surface area (Å²) in [4.78, 5) is 22.4. The van der Waals surface area contributed by atoms with Crippen LogP contribution in [0.2, 0.25) is 5.02 Å². The average molecular weight is 275 g/mol. The second-order valence-electron chi connectivity index (χ2n) is 3.56. The molecule has 1 unspecified atom stereocenters. The molecule has 0 saturated carbocycles. The van der Waals surface area contributed by atoms with Crippen LogP contribution in [0.4, 0.5) is 4.39 Å². The van der Waals surface area contributed by atoms with Crippen molar-refractivity contribution < 1.29 is 23.8 Å². The highest BCUT2D eigenvalue weighted by atomic mass is 35.5. The fourth-order valence-electron chi connectivity index (χ4n) is 1.44. The van der Waals surface area contributed by atoms with Gasteiger partial charge in [0, 0.05) is 0 Å². The van der Waals surface area contributed by atoms with Crippen LogP contribution in [0.15, 0.2) is 18.2 Å². The van der Waals surface area contributed by atoms with Gasteiger partial charge in [-0.05, 0) is 25.0 Å². The maximum atomic E-state index is 13.2. The van der Waals surface area contributed by atoms with Crippen molar-refractivity contribution >= 4 is 23.5 Å². The van der Waals surface area contributed by atoms with Gasteiger partial charge >= 0.3 is 11.9 Å². The first-order valence-corrected chi connectivity index (χ1v) is 5.67. The molecule has 0 fully saturated rings. The third-order valence-corrected chi connectivity index (χ3v) is 2.75. The van der Waals surface area contributed by atoms with Gasteiger partial charge in [0.15, 0.2) is 5.92 Å². The minimum absolute atomic E-state index is 0.0828. The highest BCUT2D eigenvalue weighted by molar-refractivity contribution is 6.31. The molecule has 6 heteroatoms. The maximum Gasteiger partial charge on any atom is 0.320 e. The van der Waals surface area contributed by atoms with Crippen molar-refractivity contribution in [2.24, 2.45) is 5.92 Å². The molecular weight excluding hydrogens is 263 g/mol. The Bertz CT molecular complexity index is 461. The SMILES string of the molecule is CCOC(=O)C(Cc1cccc(F)c1Cl)C(=O)O. The van der Waals surface area contributed by atoms with Crippen LogP contribution in [0, 0.1) is 11.7 Å². The molecule has 0 aliphatic heterocycles. The molecule has 1 aromatic rings. The van der Waals surface area contributed by atoms with Crippen LogP contribution in [0.25, 0.3) is 0 Å². The van der Waals surface area contributed by atoms with Gasteiger partial charge in [-0.2, -0.15) is 0 Å². The zero-order valence-corrected chi connectivity index (χ0v) is 10.4. The number of rotatable bonds is 5. The van der Waals surface area contributed by atoms with Gasteiger partial charge in [-0.25, -0.2) is 4.39 Å². The molecule has 18 heavy (non-hydrogen) atoms. The van der Waals surface area contributed by atoms with Crippen molar-refractivity contribution in [1.29, 1.82) is 0 Å². The fraction of sp³-hybridized carbons (Fsp3) is 0.333. The molecule has 1 rings (SSSR count). The third-order valence-electron chi connectivity index (χ3n) is 2.32. The molecule has 0 bridgehead atoms. The lowest BCUT2D eigenvalue weighted by molar-refractivity contribution is -0.158. The smallest absolute Gasteiger partial charge is 0.320 e. The number of carboxylic acid groups (broad SMARTS) is 1. The van der Waals surface area contributed by atoms with Crippen LogP contribution in [0.3, 0.4) is 0 Å². The molecule has 0 spiro atoms. The van der Waals surface area contributed by atoms with E-state index in [1.54, 1.807) is 6.92 Å². The third kappa shape index (κ3) is 3.43. The minimum Gasteiger partial charge on any atom is -0.481 e. The van der Waals surface area contributed by atoms with Crippen molar-refractivity contribution in [2.45, 2.75) is 13.3 Å². The normalized spacial score (nSPS) is 11.9. The number of benzene rings is 1. The molecule has 0 aliphatic rings. The van der Waals surface area contributed by atoms with E-state index in [4.69, 9.17) is 16.7 Å². The van der Waals surface area contributed by atoms with E-state index in [0.29, 0.717) is 0 Å².